The number of benzene rings is 1. The van der Waals surface area contributed by atoms with Gasteiger partial charge < -0.3 is 10.4 Å². The van der Waals surface area contributed by atoms with Gasteiger partial charge in [-0.1, -0.05) is 0 Å². The Bertz CT molecular complexity index is 745. The minimum Gasteiger partial charge on any atom is -0.481 e. The fourth-order valence-electron chi connectivity index (χ4n) is 2.29. The molecule has 3 N–H and O–H groups in total. The van der Waals surface area contributed by atoms with Gasteiger partial charge in [-0.05, 0) is 37.8 Å². The van der Waals surface area contributed by atoms with Crippen LogP contribution in [-0.2, 0) is 14.8 Å². The maximum atomic E-state index is 12.1. The van der Waals surface area contributed by atoms with Gasteiger partial charge in [-0.15, -0.1) is 0 Å². The molecule has 1 fully saturated rings. The van der Waals surface area contributed by atoms with E-state index in [1.54, 1.807) is 0 Å². The van der Waals surface area contributed by atoms with Gasteiger partial charge >= 0.3 is 5.97 Å². The van der Waals surface area contributed by atoms with Crippen molar-refractivity contribution in [2.45, 2.75) is 37.1 Å². The lowest BCUT2D eigenvalue weighted by Crippen LogP contribution is -2.26. The topological polar surface area (TPSA) is 139 Å². The number of nitro benzene ring substituents is 1. The average molecular weight is 357 g/mol. The Kier molecular flexibility index (Phi) is 5.40. The molecule has 0 unspecified atom stereocenters. The van der Waals surface area contributed by atoms with Crippen molar-refractivity contribution in [1.29, 1.82) is 0 Å². The molecule has 10 heteroatoms. The van der Waals surface area contributed by atoms with E-state index in [9.17, 15) is 23.3 Å². The van der Waals surface area contributed by atoms with Crippen molar-refractivity contribution in [3.63, 3.8) is 0 Å². The van der Waals surface area contributed by atoms with E-state index in [1.165, 1.54) is 12.1 Å². The van der Waals surface area contributed by atoms with Crippen molar-refractivity contribution < 1.29 is 23.2 Å². The van der Waals surface area contributed by atoms with E-state index < -0.39 is 20.9 Å². The summed E-state index contributed by atoms with van der Waals surface area (Å²) in [7, 11) is -4.01. The first-order valence-corrected chi connectivity index (χ1v) is 8.95. The molecule has 132 valence electrons. The Labute approximate surface area is 139 Å². The van der Waals surface area contributed by atoms with E-state index in [-0.39, 0.29) is 35.3 Å². The fraction of sp³-hybridized carbons (Fsp3) is 0.500. The number of nitrogens with zero attached hydrogens (tertiary/aromatic N) is 1. The van der Waals surface area contributed by atoms with Crippen LogP contribution in [-0.4, -0.2) is 37.0 Å². The van der Waals surface area contributed by atoms with Crippen LogP contribution in [0.15, 0.2) is 23.1 Å². The van der Waals surface area contributed by atoms with Crippen LogP contribution in [0.2, 0.25) is 0 Å². The summed E-state index contributed by atoms with van der Waals surface area (Å²) in [6.07, 6.45) is 1.77. The van der Waals surface area contributed by atoms with Crippen LogP contribution in [0.5, 0.6) is 0 Å². The molecule has 0 heterocycles. The van der Waals surface area contributed by atoms with E-state index in [0.717, 1.165) is 18.9 Å². The van der Waals surface area contributed by atoms with Crippen LogP contribution in [0.3, 0.4) is 0 Å². The number of aliphatic carboxylic acids is 1. The number of carboxylic acids is 1. The van der Waals surface area contributed by atoms with Gasteiger partial charge in [0.2, 0.25) is 10.0 Å². The third-order valence-corrected chi connectivity index (χ3v) is 5.28. The molecule has 0 amide bonds. The zero-order chi connectivity index (χ0) is 17.9. The number of nitro groups is 1. The maximum absolute atomic E-state index is 12.1. The molecule has 24 heavy (non-hydrogen) atoms. The van der Waals surface area contributed by atoms with Crippen molar-refractivity contribution in [3.05, 3.63) is 28.3 Å². The first-order valence-electron chi connectivity index (χ1n) is 7.47. The second-order valence-corrected chi connectivity index (χ2v) is 7.51. The average Bonchev–Trinajstić information content (AvgIpc) is 3.31. The normalized spacial score (nSPS) is 15.7. The first-order chi connectivity index (χ1) is 11.2. The molecule has 1 atom stereocenters. The zero-order valence-electron chi connectivity index (χ0n) is 13.1. The van der Waals surface area contributed by atoms with Crippen LogP contribution in [0.1, 0.15) is 26.2 Å². The van der Waals surface area contributed by atoms with Gasteiger partial charge in [0.15, 0.2) is 0 Å². The first kappa shape index (κ1) is 18.1. The number of anilines is 1. The lowest BCUT2D eigenvalue weighted by atomic mass is 10.2. The van der Waals surface area contributed by atoms with E-state index in [0.29, 0.717) is 5.92 Å². The summed E-state index contributed by atoms with van der Waals surface area (Å²) in [5.41, 5.74) is -0.0625. The van der Waals surface area contributed by atoms with Crippen molar-refractivity contribution >= 4 is 27.4 Å². The predicted molar refractivity (Wildman–Crippen MR) is 86.3 cm³/mol. The van der Waals surface area contributed by atoms with Gasteiger partial charge in [0.05, 0.1) is 16.2 Å². The quantitative estimate of drug-likeness (QED) is 0.450. The van der Waals surface area contributed by atoms with Crippen LogP contribution < -0.4 is 10.0 Å². The monoisotopic (exact) mass is 357 g/mol. The molecule has 1 aromatic rings. The highest BCUT2D eigenvalue weighted by Crippen LogP contribution is 2.36. The highest BCUT2D eigenvalue weighted by atomic mass is 32.2. The van der Waals surface area contributed by atoms with Crippen LogP contribution >= 0.6 is 0 Å². The highest BCUT2D eigenvalue weighted by molar-refractivity contribution is 7.89. The van der Waals surface area contributed by atoms with Gasteiger partial charge in [0, 0.05) is 18.7 Å². The molecule has 1 aromatic carbocycles. The number of sulfonamides is 1. The van der Waals surface area contributed by atoms with Crippen LogP contribution in [0, 0.1) is 16.0 Å². The van der Waals surface area contributed by atoms with Gasteiger partial charge in [-0.2, -0.15) is 0 Å². The van der Waals surface area contributed by atoms with Crippen LogP contribution in [0.25, 0.3) is 0 Å². The Hall–Kier alpha value is -2.20. The molecule has 0 spiro atoms. The number of nitrogens with one attached hydrogen (secondary N) is 2. The summed E-state index contributed by atoms with van der Waals surface area (Å²) < 4.78 is 26.3. The summed E-state index contributed by atoms with van der Waals surface area (Å²) in [5.74, 6) is -0.664. The number of hydrogen-bond donors (Lipinski definition) is 3. The fourth-order valence-corrected chi connectivity index (χ4v) is 3.34. The second kappa shape index (κ2) is 7.14. The second-order valence-electron chi connectivity index (χ2n) is 5.75. The SMILES string of the molecule is C[C@@H](Nc1ccc(S(=O)(=O)NCCC(=O)O)cc1[N+](=O)[O-])C1CC1. The van der Waals surface area contributed by atoms with Crippen LogP contribution in [0.4, 0.5) is 11.4 Å². The Balaban J connectivity index is 2.20. The molecule has 0 aromatic heterocycles. The minimum atomic E-state index is -4.01. The Morgan fingerprint density at radius 1 is 1.46 bits per heavy atom. The third-order valence-electron chi connectivity index (χ3n) is 3.82. The lowest BCUT2D eigenvalue weighted by Gasteiger charge is -2.15. The summed E-state index contributed by atoms with van der Waals surface area (Å²) in [5, 5.41) is 22.8. The van der Waals surface area contributed by atoms with Crippen molar-refractivity contribution in [2.75, 3.05) is 11.9 Å². The highest BCUT2D eigenvalue weighted by Gasteiger charge is 2.30. The van der Waals surface area contributed by atoms with Gasteiger partial charge in [-0.25, -0.2) is 13.1 Å². The summed E-state index contributed by atoms with van der Waals surface area (Å²) in [6, 6.07) is 3.67. The zero-order valence-corrected chi connectivity index (χ0v) is 13.9. The van der Waals surface area contributed by atoms with E-state index in [2.05, 4.69) is 10.0 Å². The van der Waals surface area contributed by atoms with Crippen molar-refractivity contribution in [3.8, 4) is 0 Å². The molecular weight excluding hydrogens is 338 g/mol. The lowest BCUT2D eigenvalue weighted by molar-refractivity contribution is -0.384. The molecule has 1 saturated carbocycles. The molecule has 1 aliphatic rings. The van der Waals surface area contributed by atoms with E-state index >= 15 is 0 Å². The molecule has 0 radical (unpaired) electrons. The molecule has 0 aliphatic heterocycles. The predicted octanol–water partition coefficient (Wildman–Crippen LogP) is 1.56. The molecule has 1 aliphatic carbocycles. The molecule has 0 bridgehead atoms. The molecular formula is C14H19N3O6S. The number of hydrogen-bond acceptors (Lipinski definition) is 6. The summed E-state index contributed by atoms with van der Waals surface area (Å²) in [4.78, 5) is 20.8. The number of carboxylic acid groups (broad SMARTS) is 1. The van der Waals surface area contributed by atoms with Gasteiger partial charge in [-0.3, -0.25) is 14.9 Å². The Morgan fingerprint density at radius 2 is 2.12 bits per heavy atom. The Morgan fingerprint density at radius 3 is 2.67 bits per heavy atom. The summed E-state index contributed by atoms with van der Waals surface area (Å²) in [6.45, 7) is 1.64. The van der Waals surface area contributed by atoms with Crippen molar-refractivity contribution in [1.82, 2.24) is 4.72 Å². The smallest absolute Gasteiger partial charge is 0.304 e. The number of rotatable bonds is 9. The standard InChI is InChI=1S/C14H19N3O6S/c1-9(10-2-3-10)16-12-5-4-11(8-13(12)17(20)21)24(22,23)15-7-6-14(18)19/h4-5,8-10,15-16H,2-3,6-7H2,1H3,(H,18,19)/t9-/m1/s1. The number of carbonyl (C=O) groups is 1. The largest absolute Gasteiger partial charge is 0.481 e. The van der Waals surface area contributed by atoms with E-state index in [1.807, 2.05) is 6.92 Å². The van der Waals surface area contributed by atoms with E-state index in [4.69, 9.17) is 5.11 Å². The summed E-state index contributed by atoms with van der Waals surface area (Å²) >= 11 is 0. The third kappa shape index (κ3) is 4.65. The van der Waals surface area contributed by atoms with Gasteiger partial charge in [0.1, 0.15) is 5.69 Å². The minimum absolute atomic E-state index is 0.0693. The molecule has 0 saturated heterocycles. The molecule has 2 rings (SSSR count). The molecule has 9 nitrogen and oxygen atoms in total. The maximum Gasteiger partial charge on any atom is 0.304 e. The van der Waals surface area contributed by atoms with Crippen molar-refractivity contribution in [2.24, 2.45) is 5.92 Å². The van der Waals surface area contributed by atoms with Gasteiger partial charge in [0.25, 0.3) is 5.69 Å².